The van der Waals surface area contributed by atoms with Gasteiger partial charge in [0.05, 0.1) is 29.9 Å². The van der Waals surface area contributed by atoms with Crippen LogP contribution in [0.1, 0.15) is 5.56 Å². The second kappa shape index (κ2) is 11.5. The predicted molar refractivity (Wildman–Crippen MR) is 132 cm³/mol. The Morgan fingerprint density at radius 2 is 1.50 bits per heavy atom. The summed E-state index contributed by atoms with van der Waals surface area (Å²) in [6, 6.07) is 10.6. The summed E-state index contributed by atoms with van der Waals surface area (Å²) >= 11 is 12.0. The molecular formula is C24H26Cl2N4O6. The third-order valence-corrected chi connectivity index (χ3v) is 6.88. The number of halogens is 2. The molecule has 4 amide bonds. The number of hydrogen-bond acceptors (Lipinski definition) is 8. The molecule has 0 unspecified atom stereocenters. The molecule has 2 fully saturated rings. The van der Waals surface area contributed by atoms with Gasteiger partial charge >= 0.3 is 6.03 Å². The maximum Gasteiger partial charge on any atom is 0.328 e. The Bertz CT molecular complexity index is 1100. The number of aliphatic hydroxyl groups excluding tert-OH is 1. The monoisotopic (exact) mass is 536 g/mol. The van der Waals surface area contributed by atoms with Crippen LogP contribution in [-0.4, -0.2) is 85.3 Å². The van der Waals surface area contributed by atoms with E-state index in [0.717, 1.165) is 0 Å². The molecule has 2 aliphatic heterocycles. The van der Waals surface area contributed by atoms with E-state index in [1.807, 2.05) is 0 Å². The van der Waals surface area contributed by atoms with Crippen molar-refractivity contribution in [2.75, 3.05) is 52.5 Å². The van der Waals surface area contributed by atoms with Crippen molar-refractivity contribution in [2.24, 2.45) is 0 Å². The van der Waals surface area contributed by atoms with Crippen LogP contribution in [0.4, 0.5) is 4.79 Å². The van der Waals surface area contributed by atoms with Crippen LogP contribution in [-0.2, 0) is 19.9 Å². The van der Waals surface area contributed by atoms with E-state index in [9.17, 15) is 14.4 Å². The number of aliphatic hydroxyl groups is 1. The van der Waals surface area contributed by atoms with Crippen molar-refractivity contribution in [3.05, 3.63) is 58.1 Å². The van der Waals surface area contributed by atoms with Crippen molar-refractivity contribution >= 4 is 41.0 Å². The maximum atomic E-state index is 13.3. The van der Waals surface area contributed by atoms with Crippen molar-refractivity contribution in [2.45, 2.75) is 5.54 Å². The fraction of sp³-hybridized carbons (Fsp3) is 0.375. The van der Waals surface area contributed by atoms with Crippen molar-refractivity contribution in [1.29, 1.82) is 0 Å². The van der Waals surface area contributed by atoms with Crippen LogP contribution in [0, 0.1) is 0 Å². The minimum atomic E-state index is -1.71. The van der Waals surface area contributed by atoms with E-state index >= 15 is 0 Å². The first-order chi connectivity index (χ1) is 17.3. The summed E-state index contributed by atoms with van der Waals surface area (Å²) in [7, 11) is 0. The Hall–Kier alpha value is -2.73. The van der Waals surface area contributed by atoms with Crippen molar-refractivity contribution < 1.29 is 29.0 Å². The molecule has 0 atom stereocenters. The van der Waals surface area contributed by atoms with Crippen LogP contribution < -0.4 is 15.4 Å². The third-order valence-electron chi connectivity index (χ3n) is 6.14. The highest BCUT2D eigenvalue weighted by molar-refractivity contribution is 6.42. The number of urea groups is 1. The van der Waals surface area contributed by atoms with Gasteiger partial charge in [0.15, 0.2) is 0 Å². The lowest BCUT2D eigenvalue weighted by atomic mass is 9.84. The van der Waals surface area contributed by atoms with Gasteiger partial charge in [-0.25, -0.2) is 4.79 Å². The van der Waals surface area contributed by atoms with Crippen LogP contribution in [0.15, 0.2) is 42.5 Å². The number of carbonyl (C=O) groups is 3. The van der Waals surface area contributed by atoms with Gasteiger partial charge in [-0.3, -0.25) is 30.0 Å². The SMILES string of the molecule is O=C1NC(=O)C(c2ccc(Oc3ccc(Cl)c(Cl)c3)cc2)(N2CCN(CCOCCO)CC2)C(=O)N1. The number of amides is 4. The van der Waals surface area contributed by atoms with Gasteiger partial charge in [0.1, 0.15) is 11.5 Å². The molecule has 3 N–H and O–H groups in total. The van der Waals surface area contributed by atoms with Gasteiger partial charge < -0.3 is 14.6 Å². The second-order valence-corrected chi connectivity index (χ2v) is 9.13. The van der Waals surface area contributed by atoms with E-state index in [4.69, 9.17) is 37.8 Å². The highest BCUT2D eigenvalue weighted by Crippen LogP contribution is 2.35. The molecule has 2 heterocycles. The molecule has 2 aromatic rings. The standard InChI is InChI=1S/C24H26Cl2N4O6/c25-19-6-5-18(15-20(19)26)36-17-3-1-16(2-4-17)24(21(32)27-23(34)28-22(24)33)30-9-7-29(8-10-30)11-13-35-14-12-31/h1-6,15,31H,7-14H2,(H2,27,28,32,33,34). The number of piperazine rings is 1. The quantitative estimate of drug-likeness (QED) is 0.328. The van der Waals surface area contributed by atoms with Crippen LogP contribution in [0.2, 0.25) is 10.0 Å². The summed E-state index contributed by atoms with van der Waals surface area (Å²) < 4.78 is 11.2. The van der Waals surface area contributed by atoms with E-state index in [1.165, 1.54) is 0 Å². The van der Waals surface area contributed by atoms with Gasteiger partial charge in [0, 0.05) is 38.8 Å². The van der Waals surface area contributed by atoms with E-state index in [1.54, 1.807) is 47.4 Å². The molecule has 2 aromatic carbocycles. The van der Waals surface area contributed by atoms with E-state index < -0.39 is 23.4 Å². The van der Waals surface area contributed by atoms with Crippen molar-refractivity contribution in [1.82, 2.24) is 20.4 Å². The molecule has 2 saturated heterocycles. The minimum absolute atomic E-state index is 0.0312. The zero-order valence-electron chi connectivity index (χ0n) is 19.3. The highest BCUT2D eigenvalue weighted by atomic mass is 35.5. The number of benzene rings is 2. The summed E-state index contributed by atoms with van der Waals surface area (Å²) in [6.45, 7) is 3.40. The van der Waals surface area contributed by atoms with Gasteiger partial charge in [0.2, 0.25) is 5.54 Å². The number of hydrogen-bond donors (Lipinski definition) is 3. The van der Waals surface area contributed by atoms with E-state index in [0.29, 0.717) is 66.4 Å². The van der Waals surface area contributed by atoms with Crippen LogP contribution in [0.5, 0.6) is 11.5 Å². The first kappa shape index (κ1) is 26.3. The number of nitrogens with zero attached hydrogens (tertiary/aromatic N) is 2. The lowest BCUT2D eigenvalue weighted by molar-refractivity contribution is -0.150. The number of carbonyl (C=O) groups excluding carboxylic acids is 3. The number of barbiturate groups is 1. The molecule has 0 aliphatic carbocycles. The van der Waals surface area contributed by atoms with Gasteiger partial charge in [-0.1, -0.05) is 35.3 Å². The second-order valence-electron chi connectivity index (χ2n) is 8.31. The van der Waals surface area contributed by atoms with Gasteiger partial charge in [-0.2, -0.15) is 0 Å². The molecular weight excluding hydrogens is 511 g/mol. The Balaban J connectivity index is 1.54. The lowest BCUT2D eigenvalue weighted by Crippen LogP contribution is -2.72. The molecule has 12 heteroatoms. The molecule has 0 bridgehead atoms. The Kier molecular flexibility index (Phi) is 8.45. The van der Waals surface area contributed by atoms with Crippen molar-refractivity contribution in [3.8, 4) is 11.5 Å². The summed E-state index contributed by atoms with van der Waals surface area (Å²) in [4.78, 5) is 42.3. The maximum absolute atomic E-state index is 13.3. The molecule has 0 radical (unpaired) electrons. The first-order valence-corrected chi connectivity index (χ1v) is 12.2. The molecule has 0 aromatic heterocycles. The van der Waals surface area contributed by atoms with E-state index in [-0.39, 0.29) is 13.2 Å². The zero-order valence-corrected chi connectivity index (χ0v) is 20.8. The summed E-state index contributed by atoms with van der Waals surface area (Å²) in [5.74, 6) is -0.458. The minimum Gasteiger partial charge on any atom is -0.457 e. The van der Waals surface area contributed by atoms with Gasteiger partial charge in [-0.05, 0) is 29.8 Å². The number of nitrogens with one attached hydrogen (secondary N) is 2. The summed E-state index contributed by atoms with van der Waals surface area (Å²) in [6.07, 6.45) is 0. The van der Waals surface area contributed by atoms with Crippen LogP contribution >= 0.6 is 23.2 Å². The van der Waals surface area contributed by atoms with Crippen LogP contribution in [0.25, 0.3) is 0 Å². The predicted octanol–water partition coefficient (Wildman–Crippen LogP) is 1.97. The number of rotatable bonds is 9. The normalized spacial score (nSPS) is 18.6. The first-order valence-electron chi connectivity index (χ1n) is 11.4. The fourth-order valence-corrected chi connectivity index (χ4v) is 4.65. The molecule has 4 rings (SSSR count). The molecule has 192 valence electrons. The third kappa shape index (κ3) is 5.49. The number of imide groups is 2. The lowest BCUT2D eigenvalue weighted by Gasteiger charge is -2.46. The number of ether oxygens (including phenoxy) is 2. The fourth-order valence-electron chi connectivity index (χ4n) is 4.36. The summed E-state index contributed by atoms with van der Waals surface area (Å²) in [5, 5.41) is 14.1. The molecule has 0 saturated carbocycles. The van der Waals surface area contributed by atoms with Gasteiger partial charge in [-0.15, -0.1) is 0 Å². The zero-order chi connectivity index (χ0) is 25.7. The smallest absolute Gasteiger partial charge is 0.328 e. The Labute approximate surface area is 218 Å². The molecule has 0 spiro atoms. The van der Waals surface area contributed by atoms with Crippen LogP contribution in [0.3, 0.4) is 0 Å². The van der Waals surface area contributed by atoms with Crippen molar-refractivity contribution in [3.63, 3.8) is 0 Å². The molecule has 36 heavy (non-hydrogen) atoms. The largest absolute Gasteiger partial charge is 0.457 e. The highest BCUT2D eigenvalue weighted by Gasteiger charge is 2.56. The topological polar surface area (TPSA) is 120 Å². The molecule has 10 nitrogen and oxygen atoms in total. The molecule has 2 aliphatic rings. The summed E-state index contributed by atoms with van der Waals surface area (Å²) in [5.41, 5.74) is -1.30. The Morgan fingerprint density at radius 1 is 0.861 bits per heavy atom. The average Bonchev–Trinajstić information content (AvgIpc) is 2.86. The average molecular weight is 537 g/mol. The van der Waals surface area contributed by atoms with Gasteiger partial charge in [0.25, 0.3) is 11.8 Å². The Morgan fingerprint density at radius 3 is 2.11 bits per heavy atom. The van der Waals surface area contributed by atoms with E-state index in [2.05, 4.69) is 15.5 Å².